The van der Waals surface area contributed by atoms with Gasteiger partial charge in [0.25, 0.3) is 5.91 Å². The number of carbonyl (C=O) groups is 3. The monoisotopic (exact) mass is 325 g/mol. The van der Waals surface area contributed by atoms with Crippen molar-refractivity contribution in [2.24, 2.45) is 5.73 Å². The highest BCUT2D eigenvalue weighted by atomic mass is 32.1. The fourth-order valence-corrected chi connectivity index (χ4v) is 3.71. The molecular weight excluding hydrogens is 304 g/mol. The van der Waals surface area contributed by atoms with Crippen LogP contribution in [0.25, 0.3) is 0 Å². The van der Waals surface area contributed by atoms with Crippen LogP contribution >= 0.6 is 11.3 Å². The van der Waals surface area contributed by atoms with Crippen molar-refractivity contribution in [1.29, 1.82) is 0 Å². The molecule has 1 aromatic rings. The Hall–Kier alpha value is -1.93. The highest BCUT2D eigenvalue weighted by Crippen LogP contribution is 2.38. The van der Waals surface area contributed by atoms with Crippen molar-refractivity contribution in [3.8, 4) is 0 Å². The van der Waals surface area contributed by atoms with E-state index in [1.807, 2.05) is 14.1 Å². The molecule has 120 valence electrons. The van der Waals surface area contributed by atoms with E-state index in [1.54, 1.807) is 0 Å². The lowest BCUT2D eigenvalue weighted by Crippen LogP contribution is -3.06. The number of primary amides is 1. The van der Waals surface area contributed by atoms with Gasteiger partial charge in [0.1, 0.15) is 5.00 Å². The van der Waals surface area contributed by atoms with E-state index in [0.29, 0.717) is 17.1 Å². The van der Waals surface area contributed by atoms with E-state index >= 15 is 0 Å². The number of hydrogen-bond acceptors (Lipinski definition) is 4. The number of hydrogen-bond donors (Lipinski definition) is 4. The van der Waals surface area contributed by atoms with E-state index in [1.165, 1.54) is 16.2 Å². The molecule has 8 heteroatoms. The summed E-state index contributed by atoms with van der Waals surface area (Å²) in [5.41, 5.74) is 6.69. The predicted molar refractivity (Wildman–Crippen MR) is 84.2 cm³/mol. The first-order chi connectivity index (χ1) is 10.4. The molecule has 0 unspecified atom stereocenters. The quantitative estimate of drug-likeness (QED) is 0.497. The second-order valence-corrected chi connectivity index (χ2v) is 6.70. The van der Waals surface area contributed by atoms with Gasteiger partial charge in [0.05, 0.1) is 32.7 Å². The van der Waals surface area contributed by atoms with Gasteiger partial charge in [0, 0.05) is 4.88 Å². The maximum absolute atomic E-state index is 11.9. The molecule has 1 aliphatic rings. The zero-order valence-electron chi connectivity index (χ0n) is 12.7. The van der Waals surface area contributed by atoms with Gasteiger partial charge in [-0.25, -0.2) is 0 Å². The molecule has 1 heterocycles. The molecule has 0 saturated carbocycles. The van der Waals surface area contributed by atoms with Gasteiger partial charge in [-0.1, -0.05) is 0 Å². The largest absolute Gasteiger partial charge is 0.365 e. The second kappa shape index (κ2) is 6.89. The molecule has 7 nitrogen and oxygen atoms in total. The van der Waals surface area contributed by atoms with Gasteiger partial charge in [-0.05, 0) is 24.8 Å². The number of thiophene rings is 1. The standard InChI is InChI=1S/C14H20N4O3S/c1-18(2)7-6-16-12(20)13(21)17-14-10(11(15)19)8-4-3-5-9(8)22-14/h3-7H2,1-2H3,(H2,15,19)(H,16,20)(H,17,21)/p+1. The maximum Gasteiger partial charge on any atom is 0.314 e. The Bertz CT molecular complexity index is 609. The summed E-state index contributed by atoms with van der Waals surface area (Å²) in [7, 11) is 3.91. The molecule has 0 spiro atoms. The Morgan fingerprint density at radius 1 is 1.23 bits per heavy atom. The lowest BCUT2D eigenvalue weighted by atomic mass is 10.1. The van der Waals surface area contributed by atoms with Crippen LogP contribution in [0.5, 0.6) is 0 Å². The zero-order valence-corrected chi connectivity index (χ0v) is 13.6. The number of likely N-dealkylation sites (N-methyl/N-ethyl adjacent to an activating group) is 1. The fraction of sp³-hybridized carbons (Fsp3) is 0.500. The van der Waals surface area contributed by atoms with Crippen LogP contribution in [0.2, 0.25) is 0 Å². The average molecular weight is 325 g/mol. The van der Waals surface area contributed by atoms with Crippen molar-refractivity contribution < 1.29 is 19.3 Å². The molecule has 0 bridgehead atoms. The van der Waals surface area contributed by atoms with Crippen molar-refractivity contribution in [1.82, 2.24) is 5.32 Å². The summed E-state index contributed by atoms with van der Waals surface area (Å²) in [5, 5.41) is 5.45. The number of amides is 3. The first kappa shape index (κ1) is 16.4. The van der Waals surface area contributed by atoms with E-state index in [2.05, 4.69) is 10.6 Å². The van der Waals surface area contributed by atoms with Gasteiger partial charge in [-0.15, -0.1) is 11.3 Å². The van der Waals surface area contributed by atoms with Crippen molar-refractivity contribution >= 4 is 34.1 Å². The molecule has 0 atom stereocenters. The SMILES string of the molecule is C[NH+](C)CCNC(=O)C(=O)Nc1sc2c(c1C(N)=O)CCC2. The highest BCUT2D eigenvalue weighted by Gasteiger charge is 2.27. The molecule has 5 N–H and O–H groups in total. The molecule has 0 fully saturated rings. The average Bonchev–Trinajstić information content (AvgIpc) is 2.97. The summed E-state index contributed by atoms with van der Waals surface area (Å²) in [6.07, 6.45) is 2.66. The minimum Gasteiger partial charge on any atom is -0.365 e. The number of anilines is 1. The molecule has 1 aliphatic carbocycles. The van der Waals surface area contributed by atoms with Crippen LogP contribution in [0.1, 0.15) is 27.2 Å². The third-order valence-electron chi connectivity index (χ3n) is 3.51. The minimum absolute atomic E-state index is 0.358. The van der Waals surface area contributed by atoms with E-state index in [-0.39, 0.29) is 0 Å². The number of aryl methyl sites for hydroxylation is 1. The van der Waals surface area contributed by atoms with Crippen molar-refractivity contribution in [3.63, 3.8) is 0 Å². The Morgan fingerprint density at radius 2 is 1.95 bits per heavy atom. The summed E-state index contributed by atoms with van der Waals surface area (Å²) in [5.74, 6) is -2.03. The maximum atomic E-state index is 11.9. The highest BCUT2D eigenvalue weighted by molar-refractivity contribution is 7.17. The van der Waals surface area contributed by atoms with E-state index < -0.39 is 17.7 Å². The minimum atomic E-state index is -0.767. The first-order valence-electron chi connectivity index (χ1n) is 7.22. The summed E-state index contributed by atoms with van der Waals surface area (Å²) < 4.78 is 0. The van der Waals surface area contributed by atoms with Gasteiger partial charge in [-0.2, -0.15) is 0 Å². The summed E-state index contributed by atoms with van der Waals surface area (Å²) in [6, 6.07) is 0. The third kappa shape index (κ3) is 3.63. The summed E-state index contributed by atoms with van der Waals surface area (Å²) in [4.78, 5) is 37.5. The van der Waals surface area contributed by atoms with Gasteiger partial charge in [0.2, 0.25) is 0 Å². The van der Waals surface area contributed by atoms with Crippen molar-refractivity contribution in [2.45, 2.75) is 19.3 Å². The topological polar surface area (TPSA) is 106 Å². The Labute approximate surface area is 132 Å². The van der Waals surface area contributed by atoms with Crippen LogP contribution in [0, 0.1) is 0 Å². The predicted octanol–water partition coefficient (Wildman–Crippen LogP) is -1.47. The van der Waals surface area contributed by atoms with Crippen LogP contribution in [0.4, 0.5) is 5.00 Å². The number of quaternary nitrogens is 1. The number of nitrogens with one attached hydrogen (secondary N) is 3. The Kier molecular flexibility index (Phi) is 5.15. The van der Waals surface area contributed by atoms with E-state index in [4.69, 9.17) is 5.73 Å². The van der Waals surface area contributed by atoms with Gasteiger partial charge in [-0.3, -0.25) is 14.4 Å². The third-order valence-corrected chi connectivity index (χ3v) is 4.72. The molecule has 2 rings (SSSR count). The van der Waals surface area contributed by atoms with Crippen LogP contribution in [-0.2, 0) is 22.4 Å². The number of nitrogens with two attached hydrogens (primary N) is 1. The molecule has 0 aromatic carbocycles. The molecule has 0 aliphatic heterocycles. The summed E-state index contributed by atoms with van der Waals surface area (Å²) >= 11 is 1.33. The Balaban J connectivity index is 2.03. The normalized spacial score (nSPS) is 13.0. The van der Waals surface area contributed by atoms with E-state index in [9.17, 15) is 14.4 Å². The number of rotatable bonds is 5. The van der Waals surface area contributed by atoms with Crippen LogP contribution in [0.3, 0.4) is 0 Å². The van der Waals surface area contributed by atoms with Gasteiger partial charge >= 0.3 is 11.8 Å². The van der Waals surface area contributed by atoms with E-state index in [0.717, 1.165) is 36.2 Å². The molecule has 0 radical (unpaired) electrons. The van der Waals surface area contributed by atoms with Crippen LogP contribution in [0.15, 0.2) is 0 Å². The smallest absolute Gasteiger partial charge is 0.314 e. The number of carbonyl (C=O) groups excluding carboxylic acids is 3. The lowest BCUT2D eigenvalue weighted by molar-refractivity contribution is -0.856. The Morgan fingerprint density at radius 3 is 2.59 bits per heavy atom. The fourth-order valence-electron chi connectivity index (χ4n) is 2.42. The van der Waals surface area contributed by atoms with Crippen molar-refractivity contribution in [2.75, 3.05) is 32.5 Å². The second-order valence-electron chi connectivity index (χ2n) is 5.59. The van der Waals surface area contributed by atoms with Gasteiger partial charge in [0.15, 0.2) is 0 Å². The summed E-state index contributed by atoms with van der Waals surface area (Å²) in [6.45, 7) is 1.14. The molecule has 1 aromatic heterocycles. The number of fused-ring (bicyclic) bond motifs is 1. The van der Waals surface area contributed by atoms with Crippen molar-refractivity contribution in [3.05, 3.63) is 16.0 Å². The zero-order chi connectivity index (χ0) is 16.3. The van der Waals surface area contributed by atoms with Gasteiger partial charge < -0.3 is 21.3 Å². The molecular formula is C14H21N4O3S+. The molecule has 0 saturated heterocycles. The van der Waals surface area contributed by atoms with Crippen LogP contribution in [-0.4, -0.2) is 44.9 Å². The van der Waals surface area contributed by atoms with Crippen LogP contribution < -0.4 is 21.3 Å². The molecule has 3 amide bonds. The lowest BCUT2D eigenvalue weighted by Gasteiger charge is -2.09. The molecule has 22 heavy (non-hydrogen) atoms. The first-order valence-corrected chi connectivity index (χ1v) is 8.04.